The third-order valence-electron chi connectivity index (χ3n) is 3.31. The molecule has 0 aliphatic heterocycles. The van der Waals surface area contributed by atoms with Gasteiger partial charge < -0.3 is 10.4 Å². The van der Waals surface area contributed by atoms with Gasteiger partial charge >= 0.3 is 6.09 Å². The number of nitrogens with zero attached hydrogens (tertiary/aromatic N) is 3. The molecule has 2 aromatic heterocycles. The maximum Gasteiger partial charge on any atom is 0.405 e. The second kappa shape index (κ2) is 5.52. The Kier molecular flexibility index (Phi) is 3.53. The van der Waals surface area contributed by atoms with Crippen molar-refractivity contribution >= 4 is 17.0 Å². The van der Waals surface area contributed by atoms with E-state index in [-0.39, 0.29) is 16.7 Å². The van der Waals surface area contributed by atoms with Gasteiger partial charge in [-0.1, -0.05) is 0 Å². The molecule has 0 aliphatic carbocycles. The van der Waals surface area contributed by atoms with E-state index in [1.807, 2.05) is 0 Å². The van der Waals surface area contributed by atoms with E-state index in [1.165, 1.54) is 29.0 Å². The van der Waals surface area contributed by atoms with Crippen LogP contribution in [-0.4, -0.2) is 30.9 Å². The standard InChI is InChI=1S/C14H12FN5O3/c1-7(17-14(22)23)12-18-10-3-2-8(15)6-9(10)13(21)20(12)11-4-5-16-19-11/h2-7,17H,1H3,(H,16,19)(H,22,23). The average Bonchev–Trinajstić information content (AvgIpc) is 3.00. The second-order valence-corrected chi connectivity index (χ2v) is 4.89. The number of rotatable bonds is 3. The van der Waals surface area contributed by atoms with Crippen LogP contribution in [0.2, 0.25) is 0 Å². The number of aromatic amines is 1. The van der Waals surface area contributed by atoms with Crippen molar-refractivity contribution in [1.29, 1.82) is 0 Å². The van der Waals surface area contributed by atoms with Crippen LogP contribution in [0.3, 0.4) is 0 Å². The Hall–Kier alpha value is -3.23. The number of carbonyl (C=O) groups is 1. The van der Waals surface area contributed by atoms with E-state index in [1.54, 1.807) is 6.92 Å². The molecule has 1 amide bonds. The number of H-pyrrole nitrogens is 1. The zero-order valence-electron chi connectivity index (χ0n) is 11.9. The van der Waals surface area contributed by atoms with Crippen LogP contribution >= 0.6 is 0 Å². The van der Waals surface area contributed by atoms with Gasteiger partial charge in [0, 0.05) is 6.07 Å². The van der Waals surface area contributed by atoms with Gasteiger partial charge in [-0.2, -0.15) is 5.10 Å². The Morgan fingerprint density at radius 2 is 2.22 bits per heavy atom. The van der Waals surface area contributed by atoms with Crippen LogP contribution in [-0.2, 0) is 0 Å². The van der Waals surface area contributed by atoms with E-state index in [4.69, 9.17) is 5.11 Å². The highest BCUT2D eigenvalue weighted by atomic mass is 19.1. The zero-order valence-corrected chi connectivity index (χ0v) is 11.9. The van der Waals surface area contributed by atoms with E-state index in [0.29, 0.717) is 5.82 Å². The number of hydrogen-bond acceptors (Lipinski definition) is 4. The van der Waals surface area contributed by atoms with Crippen molar-refractivity contribution in [2.45, 2.75) is 13.0 Å². The fourth-order valence-electron chi connectivity index (χ4n) is 2.32. The zero-order chi connectivity index (χ0) is 16.6. The van der Waals surface area contributed by atoms with E-state index >= 15 is 0 Å². The van der Waals surface area contributed by atoms with Gasteiger partial charge in [0.25, 0.3) is 5.56 Å². The van der Waals surface area contributed by atoms with Gasteiger partial charge in [-0.25, -0.2) is 18.7 Å². The molecule has 0 spiro atoms. The molecule has 0 saturated heterocycles. The van der Waals surface area contributed by atoms with Gasteiger partial charge in [0.05, 0.1) is 23.1 Å². The molecular weight excluding hydrogens is 305 g/mol. The second-order valence-electron chi connectivity index (χ2n) is 4.89. The minimum Gasteiger partial charge on any atom is -0.465 e. The number of aromatic nitrogens is 4. The van der Waals surface area contributed by atoms with Gasteiger partial charge in [0.1, 0.15) is 17.5 Å². The lowest BCUT2D eigenvalue weighted by molar-refractivity contribution is 0.190. The molecule has 3 N–H and O–H groups in total. The predicted molar refractivity (Wildman–Crippen MR) is 79.0 cm³/mol. The number of hydrogen-bond donors (Lipinski definition) is 3. The first-order chi connectivity index (χ1) is 11.0. The average molecular weight is 317 g/mol. The molecule has 8 nitrogen and oxygen atoms in total. The summed E-state index contributed by atoms with van der Waals surface area (Å²) in [5, 5.41) is 17.6. The lowest BCUT2D eigenvalue weighted by Gasteiger charge is -2.17. The first-order valence-corrected chi connectivity index (χ1v) is 6.69. The summed E-state index contributed by atoms with van der Waals surface area (Å²) in [5.41, 5.74) is -0.242. The Morgan fingerprint density at radius 3 is 2.87 bits per heavy atom. The Balaban J connectivity index is 2.33. The topological polar surface area (TPSA) is 113 Å². The van der Waals surface area contributed by atoms with Gasteiger partial charge in [0.15, 0.2) is 0 Å². The molecule has 0 aliphatic rings. The molecular formula is C14H12FN5O3. The van der Waals surface area contributed by atoms with Crippen LogP contribution in [0.25, 0.3) is 16.7 Å². The minimum atomic E-state index is -1.25. The summed E-state index contributed by atoms with van der Waals surface area (Å²) >= 11 is 0. The molecule has 1 aromatic carbocycles. The predicted octanol–water partition coefficient (Wildman–Crippen LogP) is 1.58. The molecule has 23 heavy (non-hydrogen) atoms. The Bertz CT molecular complexity index is 935. The molecule has 0 radical (unpaired) electrons. The number of halogens is 1. The summed E-state index contributed by atoms with van der Waals surface area (Å²) in [6.07, 6.45) is 0.193. The first kappa shape index (κ1) is 14.7. The van der Waals surface area contributed by atoms with Crippen LogP contribution < -0.4 is 10.9 Å². The molecule has 0 saturated carbocycles. The number of fused-ring (bicyclic) bond motifs is 1. The molecule has 0 fully saturated rings. The van der Waals surface area contributed by atoms with Gasteiger partial charge in [-0.05, 0) is 25.1 Å². The maximum atomic E-state index is 13.4. The Labute approximate surface area is 128 Å². The molecule has 9 heteroatoms. The van der Waals surface area contributed by atoms with Crippen molar-refractivity contribution in [2.24, 2.45) is 0 Å². The normalized spacial score (nSPS) is 12.3. The smallest absolute Gasteiger partial charge is 0.405 e. The molecule has 118 valence electrons. The number of benzene rings is 1. The van der Waals surface area contributed by atoms with Crippen LogP contribution in [0.5, 0.6) is 0 Å². The molecule has 1 atom stereocenters. The third-order valence-corrected chi connectivity index (χ3v) is 3.31. The van der Waals surface area contributed by atoms with E-state index < -0.39 is 23.5 Å². The summed E-state index contributed by atoms with van der Waals surface area (Å²) in [5.74, 6) is -0.0829. The summed E-state index contributed by atoms with van der Waals surface area (Å²) in [7, 11) is 0. The first-order valence-electron chi connectivity index (χ1n) is 6.69. The fraction of sp³-hybridized carbons (Fsp3) is 0.143. The van der Waals surface area contributed by atoms with E-state index in [0.717, 1.165) is 6.07 Å². The molecule has 2 heterocycles. The van der Waals surface area contributed by atoms with Gasteiger partial charge in [0.2, 0.25) is 0 Å². The van der Waals surface area contributed by atoms with E-state index in [2.05, 4.69) is 20.5 Å². The van der Waals surface area contributed by atoms with Crippen molar-refractivity contribution in [3.8, 4) is 5.82 Å². The maximum absolute atomic E-state index is 13.4. The van der Waals surface area contributed by atoms with Crippen molar-refractivity contribution < 1.29 is 14.3 Å². The minimum absolute atomic E-state index is 0.0888. The highest BCUT2D eigenvalue weighted by Gasteiger charge is 2.20. The Morgan fingerprint density at radius 1 is 1.43 bits per heavy atom. The van der Waals surface area contributed by atoms with Gasteiger partial charge in [-0.15, -0.1) is 0 Å². The number of nitrogens with one attached hydrogen (secondary N) is 2. The van der Waals surface area contributed by atoms with Crippen molar-refractivity contribution in [2.75, 3.05) is 0 Å². The fourth-order valence-corrected chi connectivity index (χ4v) is 2.32. The lowest BCUT2D eigenvalue weighted by atomic mass is 10.2. The highest BCUT2D eigenvalue weighted by molar-refractivity contribution is 5.78. The summed E-state index contributed by atoms with van der Waals surface area (Å²) in [6, 6.07) is 4.43. The number of amides is 1. The van der Waals surface area contributed by atoms with E-state index in [9.17, 15) is 14.0 Å². The summed E-state index contributed by atoms with van der Waals surface area (Å²) in [4.78, 5) is 27.9. The monoisotopic (exact) mass is 317 g/mol. The SMILES string of the molecule is CC(NC(=O)O)c1nc2ccc(F)cc2c(=O)n1-c1ccn[nH]1. The summed E-state index contributed by atoms with van der Waals surface area (Å²) < 4.78 is 14.6. The highest BCUT2D eigenvalue weighted by Crippen LogP contribution is 2.17. The van der Waals surface area contributed by atoms with Crippen molar-refractivity contribution in [3.05, 3.63) is 52.5 Å². The number of carboxylic acid groups (broad SMARTS) is 1. The lowest BCUT2D eigenvalue weighted by Crippen LogP contribution is -2.32. The van der Waals surface area contributed by atoms with Crippen LogP contribution in [0, 0.1) is 5.82 Å². The molecule has 1 unspecified atom stereocenters. The van der Waals surface area contributed by atoms with Crippen LogP contribution in [0.1, 0.15) is 18.8 Å². The molecule has 3 rings (SSSR count). The van der Waals surface area contributed by atoms with Crippen LogP contribution in [0.15, 0.2) is 35.3 Å². The van der Waals surface area contributed by atoms with Crippen molar-refractivity contribution in [3.63, 3.8) is 0 Å². The van der Waals surface area contributed by atoms with Gasteiger partial charge in [-0.3, -0.25) is 9.89 Å². The quantitative estimate of drug-likeness (QED) is 0.679. The van der Waals surface area contributed by atoms with Crippen LogP contribution in [0.4, 0.5) is 9.18 Å². The molecule has 3 aromatic rings. The van der Waals surface area contributed by atoms with Crippen molar-refractivity contribution in [1.82, 2.24) is 25.1 Å². The third kappa shape index (κ3) is 2.63. The summed E-state index contributed by atoms with van der Waals surface area (Å²) in [6.45, 7) is 1.55. The molecule has 0 bridgehead atoms. The largest absolute Gasteiger partial charge is 0.465 e.